The summed E-state index contributed by atoms with van der Waals surface area (Å²) in [5, 5.41) is 8.76. The molecular weight excluding hydrogens is 233 g/mol. The highest BCUT2D eigenvalue weighted by atomic mass is 32.2. The van der Waals surface area contributed by atoms with Crippen molar-refractivity contribution in [3.63, 3.8) is 0 Å². The molecule has 2 rings (SSSR count). The second-order valence-corrected chi connectivity index (χ2v) is 4.85. The van der Waals surface area contributed by atoms with Crippen LogP contribution in [-0.4, -0.2) is 0 Å². The zero-order valence-electron chi connectivity index (χ0n) is 9.27. The van der Waals surface area contributed by atoms with Crippen molar-refractivity contribution in [2.45, 2.75) is 16.7 Å². The number of rotatable bonds is 2. The number of nitriles is 1. The zero-order valence-corrected chi connectivity index (χ0v) is 10.1. The van der Waals surface area contributed by atoms with Crippen molar-refractivity contribution < 1.29 is 4.39 Å². The Balaban J connectivity index is 2.27. The Morgan fingerprint density at radius 1 is 1.06 bits per heavy atom. The quantitative estimate of drug-likeness (QED) is 0.790. The van der Waals surface area contributed by atoms with Crippen LogP contribution in [0.15, 0.2) is 52.3 Å². The molecule has 0 saturated carbocycles. The molecule has 0 radical (unpaired) electrons. The van der Waals surface area contributed by atoms with Gasteiger partial charge in [-0.1, -0.05) is 29.5 Å². The molecule has 0 atom stereocenters. The Labute approximate surface area is 104 Å². The van der Waals surface area contributed by atoms with Crippen LogP contribution < -0.4 is 0 Å². The minimum Gasteiger partial charge on any atom is -0.207 e. The number of benzene rings is 2. The number of hydrogen-bond donors (Lipinski definition) is 0. The summed E-state index contributed by atoms with van der Waals surface area (Å²) in [7, 11) is 0. The van der Waals surface area contributed by atoms with Crippen LogP contribution in [0.4, 0.5) is 4.39 Å². The molecule has 0 fully saturated rings. The summed E-state index contributed by atoms with van der Waals surface area (Å²) in [4.78, 5) is 1.77. The maximum atomic E-state index is 13.2. The molecule has 84 valence electrons. The largest absolute Gasteiger partial charge is 0.207 e. The molecule has 0 saturated heterocycles. The van der Waals surface area contributed by atoms with Crippen LogP contribution in [-0.2, 0) is 0 Å². The maximum absolute atomic E-state index is 13.2. The summed E-state index contributed by atoms with van der Waals surface area (Å²) in [6.07, 6.45) is 0. The monoisotopic (exact) mass is 243 g/mol. The van der Waals surface area contributed by atoms with E-state index in [1.165, 1.54) is 29.5 Å². The summed E-state index contributed by atoms with van der Waals surface area (Å²) in [6.45, 7) is 2.02. The van der Waals surface area contributed by atoms with Gasteiger partial charge in [-0.25, -0.2) is 4.39 Å². The molecule has 2 aromatic rings. The first-order valence-corrected chi connectivity index (χ1v) is 5.94. The van der Waals surface area contributed by atoms with Crippen LogP contribution >= 0.6 is 11.8 Å². The molecule has 17 heavy (non-hydrogen) atoms. The summed E-state index contributed by atoms with van der Waals surface area (Å²) < 4.78 is 13.2. The van der Waals surface area contributed by atoms with Gasteiger partial charge in [0, 0.05) is 9.79 Å². The molecular formula is C14H10FNS. The molecule has 1 nitrogen and oxygen atoms in total. The minimum atomic E-state index is -0.376. The SMILES string of the molecule is Cc1ccc(Sc2cc(F)cc(C#N)c2)cc1. The highest BCUT2D eigenvalue weighted by Crippen LogP contribution is 2.29. The van der Waals surface area contributed by atoms with Gasteiger partial charge in [0.05, 0.1) is 11.6 Å². The molecule has 0 aliphatic carbocycles. The van der Waals surface area contributed by atoms with E-state index in [0.29, 0.717) is 5.56 Å². The molecule has 0 N–H and O–H groups in total. The van der Waals surface area contributed by atoms with Gasteiger partial charge in [-0.2, -0.15) is 5.26 Å². The molecule has 0 amide bonds. The van der Waals surface area contributed by atoms with E-state index < -0.39 is 0 Å². The molecule has 0 unspecified atom stereocenters. The lowest BCUT2D eigenvalue weighted by atomic mass is 10.2. The van der Waals surface area contributed by atoms with E-state index in [4.69, 9.17) is 5.26 Å². The molecule has 0 spiro atoms. The molecule has 0 heterocycles. The number of aryl methyl sites for hydroxylation is 1. The van der Waals surface area contributed by atoms with Crippen molar-refractivity contribution in [3.8, 4) is 6.07 Å². The van der Waals surface area contributed by atoms with Gasteiger partial charge in [0.25, 0.3) is 0 Å². The lowest BCUT2D eigenvalue weighted by Crippen LogP contribution is -1.82. The summed E-state index contributed by atoms with van der Waals surface area (Å²) in [5.74, 6) is -0.376. The summed E-state index contributed by atoms with van der Waals surface area (Å²) >= 11 is 1.45. The van der Waals surface area contributed by atoms with Crippen molar-refractivity contribution in [1.29, 1.82) is 5.26 Å². The average Bonchev–Trinajstić information content (AvgIpc) is 2.31. The van der Waals surface area contributed by atoms with Crippen LogP contribution in [0.25, 0.3) is 0 Å². The van der Waals surface area contributed by atoms with Crippen LogP contribution in [0.5, 0.6) is 0 Å². The molecule has 0 bridgehead atoms. The first-order valence-electron chi connectivity index (χ1n) is 5.12. The average molecular weight is 243 g/mol. The van der Waals surface area contributed by atoms with Crippen LogP contribution in [0.3, 0.4) is 0 Å². The predicted molar refractivity (Wildman–Crippen MR) is 66.4 cm³/mol. The fourth-order valence-electron chi connectivity index (χ4n) is 1.43. The molecule has 0 aliphatic rings. The highest BCUT2D eigenvalue weighted by Gasteiger charge is 2.02. The van der Waals surface area contributed by atoms with E-state index in [2.05, 4.69) is 0 Å². The zero-order chi connectivity index (χ0) is 12.3. The van der Waals surface area contributed by atoms with E-state index in [1.807, 2.05) is 37.3 Å². The minimum absolute atomic E-state index is 0.347. The maximum Gasteiger partial charge on any atom is 0.125 e. The van der Waals surface area contributed by atoms with E-state index in [-0.39, 0.29) is 5.82 Å². The normalized spacial score (nSPS) is 9.94. The number of hydrogen-bond acceptors (Lipinski definition) is 2. The van der Waals surface area contributed by atoms with Gasteiger partial charge in [-0.15, -0.1) is 0 Å². The molecule has 0 aromatic heterocycles. The van der Waals surface area contributed by atoms with Crippen molar-refractivity contribution in [1.82, 2.24) is 0 Å². The Kier molecular flexibility index (Phi) is 3.46. The first-order chi connectivity index (χ1) is 8.17. The molecule has 2 aromatic carbocycles. The van der Waals surface area contributed by atoms with Gasteiger partial charge in [-0.05, 0) is 37.3 Å². The second-order valence-electron chi connectivity index (χ2n) is 3.70. The van der Waals surface area contributed by atoms with Gasteiger partial charge in [0.2, 0.25) is 0 Å². The molecule has 3 heteroatoms. The van der Waals surface area contributed by atoms with E-state index in [9.17, 15) is 4.39 Å². The fraction of sp³-hybridized carbons (Fsp3) is 0.0714. The Hall–Kier alpha value is -1.79. The first kappa shape index (κ1) is 11.7. The number of halogens is 1. The number of nitrogens with zero attached hydrogens (tertiary/aromatic N) is 1. The van der Waals surface area contributed by atoms with Crippen molar-refractivity contribution in [3.05, 3.63) is 59.4 Å². The van der Waals surface area contributed by atoms with Gasteiger partial charge < -0.3 is 0 Å². The Morgan fingerprint density at radius 2 is 1.76 bits per heavy atom. The highest BCUT2D eigenvalue weighted by molar-refractivity contribution is 7.99. The lowest BCUT2D eigenvalue weighted by Gasteiger charge is -2.03. The van der Waals surface area contributed by atoms with Crippen LogP contribution in [0.1, 0.15) is 11.1 Å². The summed E-state index contributed by atoms with van der Waals surface area (Å²) in [6, 6.07) is 14.3. The third-order valence-electron chi connectivity index (χ3n) is 2.26. The van der Waals surface area contributed by atoms with Crippen LogP contribution in [0, 0.1) is 24.1 Å². The van der Waals surface area contributed by atoms with Gasteiger partial charge in [-0.3, -0.25) is 0 Å². The second kappa shape index (κ2) is 5.03. The topological polar surface area (TPSA) is 23.8 Å². The van der Waals surface area contributed by atoms with E-state index >= 15 is 0 Å². The van der Waals surface area contributed by atoms with Crippen LogP contribution in [0.2, 0.25) is 0 Å². The fourth-order valence-corrected chi connectivity index (χ4v) is 2.33. The van der Waals surface area contributed by atoms with Crippen molar-refractivity contribution in [2.75, 3.05) is 0 Å². The predicted octanol–water partition coefficient (Wildman–Crippen LogP) is 4.16. The van der Waals surface area contributed by atoms with Crippen molar-refractivity contribution >= 4 is 11.8 Å². The standard InChI is InChI=1S/C14H10FNS/c1-10-2-4-13(5-3-10)17-14-7-11(9-16)6-12(15)8-14/h2-8H,1H3. The lowest BCUT2D eigenvalue weighted by molar-refractivity contribution is 0.623. The van der Waals surface area contributed by atoms with E-state index in [1.54, 1.807) is 6.07 Å². The van der Waals surface area contributed by atoms with E-state index in [0.717, 1.165) is 9.79 Å². The molecule has 0 aliphatic heterocycles. The third kappa shape index (κ3) is 3.08. The summed E-state index contributed by atoms with van der Waals surface area (Å²) in [5.41, 5.74) is 1.53. The van der Waals surface area contributed by atoms with Gasteiger partial charge in [0.15, 0.2) is 0 Å². The Bertz CT molecular complexity index is 570. The Morgan fingerprint density at radius 3 is 2.41 bits per heavy atom. The van der Waals surface area contributed by atoms with Crippen molar-refractivity contribution in [2.24, 2.45) is 0 Å². The smallest absolute Gasteiger partial charge is 0.125 e. The van der Waals surface area contributed by atoms with Gasteiger partial charge in [0.1, 0.15) is 5.82 Å². The third-order valence-corrected chi connectivity index (χ3v) is 3.24. The van der Waals surface area contributed by atoms with Gasteiger partial charge >= 0.3 is 0 Å².